The molecule has 2 saturated carbocycles. The smallest absolute Gasteiger partial charge is 0.303 e. The first-order valence-electron chi connectivity index (χ1n) is 14.6. The number of hydrogen-bond acceptors (Lipinski definition) is 5. The minimum atomic E-state index is -0.739. The molecule has 0 radical (unpaired) electrons. The molecule has 2 aliphatic carbocycles. The number of nitrogens with zero attached hydrogens (tertiary/aromatic N) is 2. The van der Waals surface area contributed by atoms with Crippen LogP contribution in [0.2, 0.25) is 0 Å². The number of aliphatic carboxylic acids is 1. The Morgan fingerprint density at radius 2 is 2.00 bits per heavy atom. The standard InChI is InChI=1S/C31H47N3O3S/c1-5-10-22(3)19-24-13-14-25(20-24)32-30(37)27-15-16-28(33-31(27)38-26-11-8-7-9-12-26)34(4)18-17-23(6-2)21-29(35)36/h5,15-16,23-26H,6-9,11-14,17-21H2,1-4H3,(H,32,37)(H,35,36). The predicted molar refractivity (Wildman–Crippen MR) is 157 cm³/mol. The lowest BCUT2D eigenvalue weighted by molar-refractivity contribution is -0.138. The average Bonchev–Trinajstić information content (AvgIpc) is 3.33. The van der Waals surface area contributed by atoms with Crippen LogP contribution >= 0.6 is 11.8 Å². The molecular formula is C31H47N3O3S. The Balaban J connectivity index is 1.70. The molecule has 210 valence electrons. The average molecular weight is 542 g/mol. The Morgan fingerprint density at radius 3 is 2.68 bits per heavy atom. The van der Waals surface area contributed by atoms with Crippen LogP contribution in [0.4, 0.5) is 5.82 Å². The molecule has 2 fully saturated rings. The molecule has 1 heterocycles. The maximum Gasteiger partial charge on any atom is 0.303 e. The SMILES string of the molecule is CC=C=C(C)CC1CCC(NC(=O)c2ccc(N(C)CCC(CC)CC(=O)O)nc2SC2CCCCC2)C1. The van der Waals surface area contributed by atoms with E-state index in [4.69, 9.17) is 4.98 Å². The molecule has 38 heavy (non-hydrogen) atoms. The lowest BCUT2D eigenvalue weighted by Crippen LogP contribution is -2.33. The van der Waals surface area contributed by atoms with Crippen LogP contribution in [0.15, 0.2) is 34.5 Å². The fourth-order valence-electron chi connectivity index (χ4n) is 5.83. The molecule has 1 amide bonds. The van der Waals surface area contributed by atoms with Gasteiger partial charge in [-0.2, -0.15) is 0 Å². The second-order valence-electron chi connectivity index (χ2n) is 11.2. The zero-order chi connectivity index (χ0) is 27.5. The van der Waals surface area contributed by atoms with Crippen molar-refractivity contribution in [1.82, 2.24) is 10.3 Å². The molecule has 0 aliphatic heterocycles. The number of anilines is 1. The maximum absolute atomic E-state index is 13.5. The second-order valence-corrected chi connectivity index (χ2v) is 12.5. The molecule has 2 aliphatic rings. The van der Waals surface area contributed by atoms with Crippen LogP contribution < -0.4 is 10.2 Å². The quantitative estimate of drug-likeness (QED) is 0.256. The molecule has 3 atom stereocenters. The van der Waals surface area contributed by atoms with E-state index in [9.17, 15) is 14.7 Å². The van der Waals surface area contributed by atoms with Crippen molar-refractivity contribution >= 4 is 29.5 Å². The van der Waals surface area contributed by atoms with Crippen molar-refractivity contribution in [3.8, 4) is 0 Å². The molecular weight excluding hydrogens is 494 g/mol. The minimum Gasteiger partial charge on any atom is -0.481 e. The molecule has 3 unspecified atom stereocenters. The van der Waals surface area contributed by atoms with Crippen molar-refractivity contribution < 1.29 is 14.7 Å². The summed E-state index contributed by atoms with van der Waals surface area (Å²) >= 11 is 1.77. The van der Waals surface area contributed by atoms with Gasteiger partial charge in [-0.3, -0.25) is 9.59 Å². The molecule has 6 nitrogen and oxygen atoms in total. The van der Waals surface area contributed by atoms with Crippen molar-refractivity contribution in [3.63, 3.8) is 0 Å². The van der Waals surface area contributed by atoms with Gasteiger partial charge in [-0.25, -0.2) is 4.98 Å². The monoisotopic (exact) mass is 541 g/mol. The summed E-state index contributed by atoms with van der Waals surface area (Å²) in [5.41, 5.74) is 5.27. The summed E-state index contributed by atoms with van der Waals surface area (Å²) in [4.78, 5) is 31.7. The topological polar surface area (TPSA) is 82.5 Å². The van der Waals surface area contributed by atoms with E-state index in [2.05, 4.69) is 22.9 Å². The van der Waals surface area contributed by atoms with Crippen molar-refractivity contribution in [3.05, 3.63) is 35.1 Å². The number of carboxylic acids is 1. The molecule has 0 aromatic carbocycles. The van der Waals surface area contributed by atoms with E-state index >= 15 is 0 Å². The lowest BCUT2D eigenvalue weighted by Gasteiger charge is -2.25. The normalized spacial score (nSPS) is 20.4. The molecule has 0 saturated heterocycles. The van der Waals surface area contributed by atoms with Crippen LogP contribution in [0.25, 0.3) is 0 Å². The Labute approximate surface area is 233 Å². The highest BCUT2D eigenvalue weighted by Crippen LogP contribution is 2.36. The molecule has 0 spiro atoms. The lowest BCUT2D eigenvalue weighted by atomic mass is 9.98. The highest BCUT2D eigenvalue weighted by Gasteiger charge is 2.28. The third kappa shape index (κ3) is 9.50. The second kappa shape index (κ2) is 15.4. The van der Waals surface area contributed by atoms with Gasteiger partial charge in [0.25, 0.3) is 5.91 Å². The summed E-state index contributed by atoms with van der Waals surface area (Å²) in [6, 6.07) is 4.10. The number of allylic oxidation sites excluding steroid dienone is 1. The van der Waals surface area contributed by atoms with Crippen LogP contribution in [0.1, 0.15) is 108 Å². The van der Waals surface area contributed by atoms with E-state index in [1.165, 1.54) is 37.7 Å². The summed E-state index contributed by atoms with van der Waals surface area (Å²) < 4.78 is 0. The van der Waals surface area contributed by atoms with Crippen molar-refractivity contribution in [2.45, 2.75) is 114 Å². The van der Waals surface area contributed by atoms with Gasteiger partial charge in [-0.15, -0.1) is 17.5 Å². The zero-order valence-corrected chi connectivity index (χ0v) is 24.6. The van der Waals surface area contributed by atoms with E-state index in [0.29, 0.717) is 16.7 Å². The summed E-state index contributed by atoms with van der Waals surface area (Å²) in [5, 5.41) is 13.8. The van der Waals surface area contributed by atoms with E-state index in [1.54, 1.807) is 11.8 Å². The first kappa shape index (κ1) is 30.3. The van der Waals surface area contributed by atoms with Crippen LogP contribution in [0, 0.1) is 11.8 Å². The number of aromatic nitrogens is 1. The van der Waals surface area contributed by atoms with E-state index < -0.39 is 5.97 Å². The van der Waals surface area contributed by atoms with Gasteiger partial charge < -0.3 is 15.3 Å². The van der Waals surface area contributed by atoms with Gasteiger partial charge >= 0.3 is 5.97 Å². The Kier molecular flexibility index (Phi) is 12.3. The fourth-order valence-corrected chi connectivity index (χ4v) is 7.15. The van der Waals surface area contributed by atoms with Gasteiger partial charge in [-0.1, -0.05) is 32.6 Å². The summed E-state index contributed by atoms with van der Waals surface area (Å²) in [6.07, 6.45) is 14.2. The van der Waals surface area contributed by atoms with E-state index in [-0.39, 0.29) is 24.3 Å². The van der Waals surface area contributed by atoms with Crippen molar-refractivity contribution in [2.24, 2.45) is 11.8 Å². The highest BCUT2D eigenvalue weighted by atomic mass is 32.2. The largest absolute Gasteiger partial charge is 0.481 e. The number of thioether (sulfide) groups is 1. The predicted octanol–water partition coefficient (Wildman–Crippen LogP) is 7.24. The third-order valence-electron chi connectivity index (χ3n) is 8.09. The molecule has 1 aromatic rings. The fraction of sp³-hybridized carbons (Fsp3) is 0.677. The number of nitrogens with one attached hydrogen (secondary N) is 1. The Bertz CT molecular complexity index is 998. The molecule has 1 aromatic heterocycles. The van der Waals surface area contributed by atoms with Gasteiger partial charge in [0.1, 0.15) is 10.8 Å². The molecule has 0 bridgehead atoms. The van der Waals surface area contributed by atoms with Crippen molar-refractivity contribution in [1.29, 1.82) is 0 Å². The van der Waals surface area contributed by atoms with E-state index in [1.807, 2.05) is 39.1 Å². The Morgan fingerprint density at radius 1 is 1.24 bits per heavy atom. The van der Waals surface area contributed by atoms with Crippen LogP contribution in [-0.2, 0) is 4.79 Å². The highest BCUT2D eigenvalue weighted by molar-refractivity contribution is 7.99. The number of carboxylic acid groups (broad SMARTS) is 1. The van der Waals surface area contributed by atoms with Crippen LogP contribution in [0.5, 0.6) is 0 Å². The van der Waals surface area contributed by atoms with Gasteiger partial charge in [0.2, 0.25) is 0 Å². The maximum atomic E-state index is 13.5. The molecule has 7 heteroatoms. The number of carbonyl (C=O) groups excluding carboxylic acids is 1. The molecule has 3 rings (SSSR count). The molecule has 2 N–H and O–H groups in total. The summed E-state index contributed by atoms with van der Waals surface area (Å²) in [7, 11) is 2.01. The van der Waals surface area contributed by atoms with Gasteiger partial charge in [0.15, 0.2) is 0 Å². The van der Waals surface area contributed by atoms with Gasteiger partial charge in [0.05, 0.1) is 5.56 Å². The number of rotatable bonds is 13. The van der Waals surface area contributed by atoms with E-state index in [0.717, 1.165) is 55.9 Å². The number of hydrogen-bond donors (Lipinski definition) is 2. The van der Waals surface area contributed by atoms with Crippen LogP contribution in [-0.4, -0.2) is 46.9 Å². The number of pyridine rings is 1. The van der Waals surface area contributed by atoms with Crippen molar-refractivity contribution in [2.75, 3.05) is 18.5 Å². The summed E-state index contributed by atoms with van der Waals surface area (Å²) in [5.74, 6) is 0.855. The Hall–Kier alpha value is -2.24. The van der Waals surface area contributed by atoms with Crippen LogP contribution in [0.3, 0.4) is 0 Å². The first-order chi connectivity index (χ1) is 18.3. The van der Waals surface area contributed by atoms with Gasteiger partial charge in [-0.05, 0) is 94.4 Å². The number of amides is 1. The minimum absolute atomic E-state index is 0.0103. The van der Waals surface area contributed by atoms with Gasteiger partial charge in [0, 0.05) is 31.3 Å². The zero-order valence-electron chi connectivity index (χ0n) is 23.8. The first-order valence-corrected chi connectivity index (χ1v) is 15.4. The third-order valence-corrected chi connectivity index (χ3v) is 9.43. The number of carbonyl (C=O) groups is 2. The summed E-state index contributed by atoms with van der Waals surface area (Å²) in [6.45, 7) is 6.93.